The average molecular weight is 434 g/mol. The molecule has 2 heterocycles. The number of aromatic nitrogens is 4. The fraction of sp³-hybridized carbons (Fsp3) is 0.292. The highest BCUT2D eigenvalue weighted by atomic mass is 32.2. The standard InChI is InChI=1S/C24H27N5OS/c1-5-29(6-2)18-13-11-17(12-14-18)23-26-27-24(28(23)4)31-16(3)22(30)20-15-25-21-10-8-7-9-19(20)21/h7-16,25H,5-6H2,1-4H3. The van der Waals surface area contributed by atoms with E-state index in [1.165, 1.54) is 17.4 Å². The molecule has 7 heteroatoms. The van der Waals surface area contributed by atoms with Crippen molar-refractivity contribution in [1.29, 1.82) is 0 Å². The van der Waals surface area contributed by atoms with Crippen molar-refractivity contribution in [2.75, 3.05) is 18.0 Å². The molecule has 0 aliphatic carbocycles. The molecule has 4 aromatic rings. The monoisotopic (exact) mass is 433 g/mol. The van der Waals surface area contributed by atoms with E-state index in [1.54, 1.807) is 6.20 Å². The van der Waals surface area contributed by atoms with Gasteiger partial charge in [0.2, 0.25) is 0 Å². The third-order valence-corrected chi connectivity index (χ3v) is 6.73. The fourth-order valence-electron chi connectivity index (χ4n) is 3.78. The van der Waals surface area contributed by atoms with Crippen LogP contribution in [0.2, 0.25) is 0 Å². The number of fused-ring (bicyclic) bond motifs is 1. The van der Waals surface area contributed by atoms with Gasteiger partial charge < -0.3 is 14.5 Å². The Bertz CT molecular complexity index is 1190. The predicted molar refractivity (Wildman–Crippen MR) is 128 cm³/mol. The fourth-order valence-corrected chi connectivity index (χ4v) is 4.67. The van der Waals surface area contributed by atoms with Gasteiger partial charge in [0.1, 0.15) is 0 Å². The lowest BCUT2D eigenvalue weighted by molar-refractivity contribution is 0.0995. The van der Waals surface area contributed by atoms with Gasteiger partial charge in [-0.15, -0.1) is 10.2 Å². The summed E-state index contributed by atoms with van der Waals surface area (Å²) in [6.45, 7) is 8.18. The molecular weight excluding hydrogens is 406 g/mol. The van der Waals surface area contributed by atoms with E-state index in [0.717, 1.165) is 40.5 Å². The Labute approximate surface area is 186 Å². The minimum absolute atomic E-state index is 0.0792. The number of Topliss-reactive ketones (excluding diaryl/α,β-unsaturated/α-hetero) is 1. The van der Waals surface area contributed by atoms with Crippen molar-refractivity contribution in [3.8, 4) is 11.4 Å². The third-order valence-electron chi connectivity index (χ3n) is 5.60. The summed E-state index contributed by atoms with van der Waals surface area (Å²) >= 11 is 1.43. The number of carbonyl (C=O) groups excluding carboxylic acids is 1. The van der Waals surface area contributed by atoms with Crippen molar-refractivity contribution < 1.29 is 4.79 Å². The molecule has 1 atom stereocenters. The lowest BCUT2D eigenvalue weighted by Gasteiger charge is -2.21. The smallest absolute Gasteiger partial charge is 0.191 e. The van der Waals surface area contributed by atoms with Crippen LogP contribution in [0.4, 0.5) is 5.69 Å². The van der Waals surface area contributed by atoms with Crippen LogP contribution in [0.5, 0.6) is 0 Å². The maximum atomic E-state index is 13.1. The van der Waals surface area contributed by atoms with Gasteiger partial charge in [-0.3, -0.25) is 4.79 Å². The Kier molecular flexibility index (Phi) is 6.13. The molecule has 1 unspecified atom stereocenters. The highest BCUT2D eigenvalue weighted by molar-refractivity contribution is 8.00. The summed E-state index contributed by atoms with van der Waals surface area (Å²) in [5, 5.41) is 10.1. The van der Waals surface area contributed by atoms with Crippen molar-refractivity contribution in [3.05, 3.63) is 60.3 Å². The minimum atomic E-state index is -0.278. The van der Waals surface area contributed by atoms with E-state index in [9.17, 15) is 4.79 Å². The molecule has 0 spiro atoms. The summed E-state index contributed by atoms with van der Waals surface area (Å²) in [6, 6.07) is 16.2. The number of nitrogens with one attached hydrogen (secondary N) is 1. The molecule has 0 fully saturated rings. The van der Waals surface area contributed by atoms with E-state index >= 15 is 0 Å². The first-order valence-electron chi connectivity index (χ1n) is 10.5. The molecular formula is C24H27N5OS. The van der Waals surface area contributed by atoms with E-state index < -0.39 is 0 Å². The number of para-hydroxylation sites is 1. The number of rotatable bonds is 8. The van der Waals surface area contributed by atoms with Gasteiger partial charge in [-0.05, 0) is 51.1 Å². The molecule has 2 aromatic carbocycles. The molecule has 0 aliphatic heterocycles. The van der Waals surface area contributed by atoms with Gasteiger partial charge in [0.15, 0.2) is 16.8 Å². The van der Waals surface area contributed by atoms with E-state index in [1.807, 2.05) is 42.8 Å². The second-order valence-corrected chi connectivity index (χ2v) is 8.76. The van der Waals surface area contributed by atoms with Gasteiger partial charge in [0, 0.05) is 54.1 Å². The number of carbonyl (C=O) groups is 1. The van der Waals surface area contributed by atoms with E-state index in [2.05, 4.69) is 58.2 Å². The highest BCUT2D eigenvalue weighted by Crippen LogP contribution is 2.30. The van der Waals surface area contributed by atoms with Gasteiger partial charge in [-0.25, -0.2) is 0 Å². The Hall–Kier alpha value is -3.06. The Morgan fingerprint density at radius 2 is 1.81 bits per heavy atom. The Morgan fingerprint density at radius 1 is 1.10 bits per heavy atom. The van der Waals surface area contributed by atoms with Gasteiger partial charge in [-0.1, -0.05) is 30.0 Å². The topological polar surface area (TPSA) is 66.8 Å². The van der Waals surface area contributed by atoms with Gasteiger partial charge >= 0.3 is 0 Å². The molecule has 0 saturated heterocycles. The van der Waals surface area contributed by atoms with Crippen LogP contribution in [0.3, 0.4) is 0 Å². The molecule has 31 heavy (non-hydrogen) atoms. The lowest BCUT2D eigenvalue weighted by atomic mass is 10.1. The molecule has 0 saturated carbocycles. The molecule has 160 valence electrons. The zero-order valence-corrected chi connectivity index (χ0v) is 19.1. The summed E-state index contributed by atoms with van der Waals surface area (Å²) in [5.74, 6) is 0.871. The number of anilines is 1. The normalized spacial score (nSPS) is 12.3. The van der Waals surface area contributed by atoms with Crippen LogP contribution in [0.1, 0.15) is 31.1 Å². The molecule has 0 radical (unpaired) electrons. The van der Waals surface area contributed by atoms with Crippen LogP contribution in [0.15, 0.2) is 59.9 Å². The summed E-state index contributed by atoms with van der Waals surface area (Å²) in [4.78, 5) is 18.6. The molecule has 1 N–H and O–H groups in total. The number of hydrogen-bond donors (Lipinski definition) is 1. The number of thioether (sulfide) groups is 1. The van der Waals surface area contributed by atoms with Crippen LogP contribution < -0.4 is 4.90 Å². The first kappa shape index (κ1) is 21.2. The third kappa shape index (κ3) is 4.10. The second kappa shape index (κ2) is 8.98. The van der Waals surface area contributed by atoms with Crippen molar-refractivity contribution in [1.82, 2.24) is 19.7 Å². The van der Waals surface area contributed by atoms with Crippen molar-refractivity contribution in [2.24, 2.45) is 7.05 Å². The van der Waals surface area contributed by atoms with Crippen molar-refractivity contribution in [3.63, 3.8) is 0 Å². The van der Waals surface area contributed by atoms with Crippen LogP contribution in [-0.4, -0.2) is 43.9 Å². The van der Waals surface area contributed by atoms with Gasteiger partial charge in [-0.2, -0.15) is 0 Å². The van der Waals surface area contributed by atoms with Gasteiger partial charge in [0.25, 0.3) is 0 Å². The average Bonchev–Trinajstić information content (AvgIpc) is 3.38. The highest BCUT2D eigenvalue weighted by Gasteiger charge is 2.22. The van der Waals surface area contributed by atoms with E-state index in [4.69, 9.17) is 0 Å². The molecule has 4 rings (SSSR count). The van der Waals surface area contributed by atoms with Crippen molar-refractivity contribution in [2.45, 2.75) is 31.2 Å². The van der Waals surface area contributed by atoms with Crippen LogP contribution in [-0.2, 0) is 7.05 Å². The molecule has 0 amide bonds. The zero-order valence-electron chi connectivity index (χ0n) is 18.3. The largest absolute Gasteiger partial charge is 0.372 e. The van der Waals surface area contributed by atoms with Crippen LogP contribution in [0, 0.1) is 0 Å². The lowest BCUT2D eigenvalue weighted by Crippen LogP contribution is -2.21. The number of H-pyrrole nitrogens is 1. The quantitative estimate of drug-likeness (QED) is 0.307. The molecule has 0 bridgehead atoms. The maximum absolute atomic E-state index is 13.1. The molecule has 2 aromatic heterocycles. The predicted octanol–water partition coefficient (Wildman–Crippen LogP) is 5.17. The van der Waals surface area contributed by atoms with Crippen LogP contribution >= 0.6 is 11.8 Å². The number of aromatic amines is 1. The second-order valence-electron chi connectivity index (χ2n) is 7.46. The maximum Gasteiger partial charge on any atom is 0.191 e. The van der Waals surface area contributed by atoms with Crippen molar-refractivity contribution >= 4 is 34.1 Å². The number of benzene rings is 2. The zero-order chi connectivity index (χ0) is 22.0. The summed E-state index contributed by atoms with van der Waals surface area (Å²) < 4.78 is 1.95. The minimum Gasteiger partial charge on any atom is -0.372 e. The van der Waals surface area contributed by atoms with Gasteiger partial charge in [0.05, 0.1) is 5.25 Å². The van der Waals surface area contributed by atoms with E-state index in [-0.39, 0.29) is 11.0 Å². The summed E-state index contributed by atoms with van der Waals surface area (Å²) in [5.41, 5.74) is 3.89. The Balaban J connectivity index is 1.52. The molecule has 0 aliphatic rings. The molecule has 6 nitrogen and oxygen atoms in total. The SMILES string of the molecule is CCN(CC)c1ccc(-c2nnc(SC(C)C(=O)c3c[nH]c4ccccc34)n2C)cc1. The van der Waals surface area contributed by atoms with Crippen LogP contribution in [0.25, 0.3) is 22.3 Å². The number of nitrogens with zero attached hydrogens (tertiary/aromatic N) is 4. The number of ketones is 1. The Morgan fingerprint density at radius 3 is 2.52 bits per heavy atom. The number of hydrogen-bond acceptors (Lipinski definition) is 5. The summed E-state index contributed by atoms with van der Waals surface area (Å²) in [6.07, 6.45) is 1.80. The first-order valence-corrected chi connectivity index (χ1v) is 11.4. The van der Waals surface area contributed by atoms with E-state index in [0.29, 0.717) is 5.56 Å². The summed E-state index contributed by atoms with van der Waals surface area (Å²) in [7, 11) is 1.94. The first-order chi connectivity index (χ1) is 15.0.